The summed E-state index contributed by atoms with van der Waals surface area (Å²) in [4.78, 5) is 21.3. The van der Waals surface area contributed by atoms with Gasteiger partial charge in [0.1, 0.15) is 5.69 Å². The highest BCUT2D eigenvalue weighted by Crippen LogP contribution is 2.23. The van der Waals surface area contributed by atoms with Crippen LogP contribution in [0.3, 0.4) is 0 Å². The molecule has 0 aliphatic carbocycles. The van der Waals surface area contributed by atoms with Crippen LogP contribution >= 0.6 is 0 Å². The van der Waals surface area contributed by atoms with Crippen molar-refractivity contribution in [3.63, 3.8) is 0 Å². The van der Waals surface area contributed by atoms with Gasteiger partial charge in [-0.1, -0.05) is 24.6 Å². The first-order valence-electron chi connectivity index (χ1n) is 9.17. The Hall–Kier alpha value is -2.84. The zero-order valence-electron chi connectivity index (χ0n) is 15.2. The van der Waals surface area contributed by atoms with Crippen molar-refractivity contribution in [1.29, 1.82) is 0 Å². The van der Waals surface area contributed by atoms with E-state index >= 15 is 0 Å². The lowest BCUT2D eigenvalue weighted by molar-refractivity contribution is 0.102. The lowest BCUT2D eigenvalue weighted by Gasteiger charge is -2.26. The second-order valence-electron chi connectivity index (χ2n) is 6.69. The Labute approximate surface area is 163 Å². The number of aromatic nitrogens is 2. The standard InChI is InChI=1S/C20H20N4O3S/c25-20(19-14-21-17-9-2-3-10-18(17)23-19)22-15-7-6-8-16(13-15)28(26,27)24-11-4-1-5-12-24/h2-3,6-10,13-14H,1,4-5,11-12H2,(H,22,25). The van der Waals surface area contributed by atoms with Crippen molar-refractivity contribution in [1.82, 2.24) is 14.3 Å². The Balaban J connectivity index is 1.56. The first-order chi connectivity index (χ1) is 13.5. The number of carbonyl (C=O) groups excluding carboxylic acids is 1. The fourth-order valence-electron chi connectivity index (χ4n) is 3.25. The molecule has 3 aromatic rings. The molecule has 0 spiro atoms. The SMILES string of the molecule is O=C(Nc1cccc(S(=O)(=O)N2CCCCC2)c1)c1cnc2ccccc2n1. The molecule has 1 aliphatic rings. The second-order valence-corrected chi connectivity index (χ2v) is 8.63. The number of rotatable bonds is 4. The number of nitrogens with one attached hydrogen (secondary N) is 1. The summed E-state index contributed by atoms with van der Waals surface area (Å²) in [7, 11) is -3.56. The van der Waals surface area contributed by atoms with E-state index in [-0.39, 0.29) is 10.6 Å². The molecule has 0 unspecified atom stereocenters. The van der Waals surface area contributed by atoms with Crippen LogP contribution in [0.15, 0.2) is 59.6 Å². The van der Waals surface area contributed by atoms with E-state index in [1.807, 2.05) is 18.2 Å². The van der Waals surface area contributed by atoms with Gasteiger partial charge in [-0.15, -0.1) is 0 Å². The summed E-state index contributed by atoms with van der Waals surface area (Å²) < 4.78 is 27.2. The first kappa shape index (κ1) is 18.5. The Morgan fingerprint density at radius 3 is 2.50 bits per heavy atom. The molecule has 28 heavy (non-hydrogen) atoms. The predicted octanol–water partition coefficient (Wildman–Crippen LogP) is 3.06. The summed E-state index contributed by atoms with van der Waals surface area (Å²) >= 11 is 0. The van der Waals surface area contributed by atoms with Gasteiger partial charge >= 0.3 is 0 Å². The van der Waals surface area contributed by atoms with E-state index in [1.165, 1.54) is 16.6 Å². The molecule has 7 nitrogen and oxygen atoms in total. The van der Waals surface area contributed by atoms with Crippen molar-refractivity contribution in [2.45, 2.75) is 24.2 Å². The highest BCUT2D eigenvalue weighted by molar-refractivity contribution is 7.89. The van der Waals surface area contributed by atoms with E-state index in [1.54, 1.807) is 24.3 Å². The quantitative estimate of drug-likeness (QED) is 0.732. The van der Waals surface area contributed by atoms with Crippen molar-refractivity contribution in [3.05, 3.63) is 60.4 Å². The fourth-order valence-corrected chi connectivity index (χ4v) is 4.81. The maximum absolute atomic E-state index is 12.8. The number of anilines is 1. The Morgan fingerprint density at radius 1 is 0.964 bits per heavy atom. The average molecular weight is 396 g/mol. The van der Waals surface area contributed by atoms with E-state index < -0.39 is 15.9 Å². The van der Waals surface area contributed by atoms with Gasteiger partial charge in [-0.25, -0.2) is 13.4 Å². The van der Waals surface area contributed by atoms with Crippen LogP contribution in [0.2, 0.25) is 0 Å². The third-order valence-corrected chi connectivity index (χ3v) is 6.62. The molecule has 1 aliphatic heterocycles. The topological polar surface area (TPSA) is 92.3 Å². The molecule has 1 fully saturated rings. The summed E-state index contributed by atoms with van der Waals surface area (Å²) in [6.07, 6.45) is 4.20. The molecule has 144 valence electrons. The fraction of sp³-hybridized carbons (Fsp3) is 0.250. The molecule has 2 heterocycles. The number of benzene rings is 2. The molecular weight excluding hydrogens is 376 g/mol. The van der Waals surface area contributed by atoms with Crippen LogP contribution in [-0.4, -0.2) is 41.7 Å². The summed E-state index contributed by atoms with van der Waals surface area (Å²) in [5.41, 5.74) is 1.89. The number of fused-ring (bicyclic) bond motifs is 1. The number of nitrogens with zero attached hydrogens (tertiary/aromatic N) is 3. The minimum absolute atomic E-state index is 0.169. The zero-order chi connectivity index (χ0) is 19.6. The number of hydrogen-bond donors (Lipinski definition) is 1. The minimum Gasteiger partial charge on any atom is -0.321 e. The summed E-state index contributed by atoms with van der Waals surface area (Å²) in [5, 5.41) is 2.71. The van der Waals surface area contributed by atoms with Crippen LogP contribution in [0.25, 0.3) is 11.0 Å². The molecule has 0 bridgehead atoms. The lowest BCUT2D eigenvalue weighted by Crippen LogP contribution is -2.35. The molecule has 0 atom stereocenters. The molecule has 0 radical (unpaired) electrons. The number of carbonyl (C=O) groups is 1. The van der Waals surface area contributed by atoms with Gasteiger partial charge in [0.2, 0.25) is 10.0 Å². The number of para-hydroxylation sites is 2. The zero-order valence-corrected chi connectivity index (χ0v) is 16.0. The highest BCUT2D eigenvalue weighted by Gasteiger charge is 2.26. The van der Waals surface area contributed by atoms with Gasteiger partial charge < -0.3 is 5.32 Å². The number of hydrogen-bond acceptors (Lipinski definition) is 5. The van der Waals surface area contributed by atoms with E-state index in [0.717, 1.165) is 19.3 Å². The second kappa shape index (κ2) is 7.65. The third kappa shape index (κ3) is 3.74. The van der Waals surface area contributed by atoms with Gasteiger partial charge in [0, 0.05) is 18.8 Å². The molecule has 0 saturated carbocycles. The number of piperidine rings is 1. The molecule has 1 N–H and O–H groups in total. The van der Waals surface area contributed by atoms with Crippen LogP contribution in [0.1, 0.15) is 29.8 Å². The van der Waals surface area contributed by atoms with Gasteiger partial charge in [-0.2, -0.15) is 4.31 Å². The monoisotopic (exact) mass is 396 g/mol. The third-order valence-electron chi connectivity index (χ3n) is 4.73. The molecule has 1 amide bonds. The van der Waals surface area contributed by atoms with E-state index in [9.17, 15) is 13.2 Å². The Kier molecular flexibility index (Phi) is 5.06. The first-order valence-corrected chi connectivity index (χ1v) is 10.6. The summed E-state index contributed by atoms with van der Waals surface area (Å²) in [5.74, 6) is -0.439. The smallest absolute Gasteiger partial charge is 0.275 e. The van der Waals surface area contributed by atoms with Gasteiger partial charge in [-0.05, 0) is 43.2 Å². The van der Waals surface area contributed by atoms with Crippen molar-refractivity contribution in [2.24, 2.45) is 0 Å². The van der Waals surface area contributed by atoms with Gasteiger partial charge in [0.05, 0.1) is 22.1 Å². The molecular formula is C20H20N4O3S. The van der Waals surface area contributed by atoms with E-state index in [0.29, 0.717) is 29.8 Å². The minimum atomic E-state index is -3.56. The molecule has 2 aromatic carbocycles. The van der Waals surface area contributed by atoms with Crippen molar-refractivity contribution >= 4 is 32.7 Å². The molecule has 1 saturated heterocycles. The maximum atomic E-state index is 12.8. The molecule has 8 heteroatoms. The number of amides is 1. The lowest BCUT2D eigenvalue weighted by atomic mass is 10.2. The predicted molar refractivity (Wildman–Crippen MR) is 107 cm³/mol. The Morgan fingerprint density at radius 2 is 1.71 bits per heavy atom. The molecule has 4 rings (SSSR count). The van der Waals surface area contributed by atoms with Gasteiger partial charge in [0.15, 0.2) is 0 Å². The summed E-state index contributed by atoms with van der Waals surface area (Å²) in [6, 6.07) is 13.6. The Bertz CT molecular complexity index is 1130. The number of sulfonamides is 1. The normalized spacial score (nSPS) is 15.4. The van der Waals surface area contributed by atoms with Gasteiger partial charge in [0.25, 0.3) is 5.91 Å². The largest absolute Gasteiger partial charge is 0.321 e. The van der Waals surface area contributed by atoms with Crippen LogP contribution in [0.4, 0.5) is 5.69 Å². The summed E-state index contributed by atoms with van der Waals surface area (Å²) in [6.45, 7) is 1.07. The van der Waals surface area contributed by atoms with Crippen molar-refractivity contribution in [2.75, 3.05) is 18.4 Å². The van der Waals surface area contributed by atoms with Gasteiger partial charge in [-0.3, -0.25) is 9.78 Å². The van der Waals surface area contributed by atoms with Crippen molar-refractivity contribution in [3.8, 4) is 0 Å². The highest BCUT2D eigenvalue weighted by atomic mass is 32.2. The van der Waals surface area contributed by atoms with Crippen LogP contribution in [0, 0.1) is 0 Å². The maximum Gasteiger partial charge on any atom is 0.275 e. The van der Waals surface area contributed by atoms with Crippen molar-refractivity contribution < 1.29 is 13.2 Å². The van der Waals surface area contributed by atoms with Crippen LogP contribution in [0.5, 0.6) is 0 Å². The van der Waals surface area contributed by atoms with E-state index in [4.69, 9.17) is 0 Å². The average Bonchev–Trinajstić information content (AvgIpc) is 2.74. The van der Waals surface area contributed by atoms with E-state index in [2.05, 4.69) is 15.3 Å². The molecule has 1 aromatic heterocycles. The van der Waals surface area contributed by atoms with Crippen LogP contribution in [-0.2, 0) is 10.0 Å². The van der Waals surface area contributed by atoms with Crippen LogP contribution < -0.4 is 5.32 Å².